The van der Waals surface area contributed by atoms with Crippen LogP contribution in [0.2, 0.25) is 0 Å². The van der Waals surface area contributed by atoms with E-state index in [9.17, 15) is 44.1 Å². The van der Waals surface area contributed by atoms with Gasteiger partial charge in [-0.2, -0.15) is 0 Å². The predicted octanol–water partition coefficient (Wildman–Crippen LogP) is 3.52. The van der Waals surface area contributed by atoms with Crippen LogP contribution in [0.1, 0.15) is 110 Å². The number of aliphatic hydroxyl groups excluding tert-OH is 2. The Balaban J connectivity index is 0.623. The fourth-order valence-corrected chi connectivity index (χ4v) is 13.9. The van der Waals surface area contributed by atoms with Gasteiger partial charge in [-0.05, 0) is 106 Å². The number of carbonyl (C=O) groups is 6. The second kappa shape index (κ2) is 16.3. The Kier molecular flexibility index (Phi) is 11.4. The number of ether oxygens (including phenoxy) is 5. The molecule has 340 valence electrons. The van der Waals surface area contributed by atoms with E-state index < -0.39 is 58.8 Å². The molecule has 0 aromatic rings. The molecule has 0 aromatic carbocycles. The van der Waals surface area contributed by atoms with E-state index >= 15 is 0 Å². The molecule has 62 heavy (non-hydrogen) atoms. The molecule has 3 heterocycles. The summed E-state index contributed by atoms with van der Waals surface area (Å²) in [6, 6.07) is 0. The van der Waals surface area contributed by atoms with E-state index in [1.807, 2.05) is 6.92 Å². The molecule has 16 nitrogen and oxygen atoms in total. The first-order chi connectivity index (χ1) is 29.6. The van der Waals surface area contributed by atoms with Gasteiger partial charge in [-0.25, -0.2) is 19.2 Å². The Hall–Kier alpha value is -3.86. The number of cyclic esters (lactones) is 2. The van der Waals surface area contributed by atoms with Gasteiger partial charge in [0, 0.05) is 46.9 Å². The summed E-state index contributed by atoms with van der Waals surface area (Å²) in [6.07, 6.45) is 4.82. The van der Waals surface area contributed by atoms with E-state index in [4.69, 9.17) is 23.7 Å². The molecule has 0 radical (unpaired) electrons. The zero-order chi connectivity index (χ0) is 43.8. The Bertz CT molecular complexity index is 1960. The van der Waals surface area contributed by atoms with Crippen LogP contribution >= 0.6 is 0 Å². The molecule has 1 spiro atoms. The number of Topliss-reactive ketones (excluding diaryl/α,β-unsaturated/α-hetero) is 2. The molecule has 9 rings (SSSR count). The average Bonchev–Trinajstić information content (AvgIpc) is 3.66. The van der Waals surface area contributed by atoms with Crippen molar-refractivity contribution >= 4 is 35.7 Å². The van der Waals surface area contributed by atoms with Crippen molar-refractivity contribution in [2.75, 3.05) is 39.5 Å². The lowest BCUT2D eigenvalue weighted by atomic mass is 9.45. The van der Waals surface area contributed by atoms with E-state index in [0.717, 1.165) is 29.6 Å². The number of carbonyl (C=O) groups excluding carboxylic acids is 6. The standard InChI is InChI=1S/C46H62N2O14/c1-43-12-8-26-28(22-60-39(26)53)30(43)20-32(49)35-37(51)24(7-14-45(35,43)57)10-17-58-41(55)47-15-5-3-4-6-16-48-42(56)59-18-11-25-19-34-46(62-34)36(38(25)52)33(50)21-31-29-23-61-40(54)27(29)9-13-44(31,46)2/h24-25,30-36,49-50,57H,3-23H2,1-2H3,(H,47,55)(H,48,56)/t24?,25?,30-,31-,32-,33?,34-,35?,36?,43-,44-,45-,46-/m0/s1. The van der Waals surface area contributed by atoms with Crippen LogP contribution in [0.3, 0.4) is 0 Å². The summed E-state index contributed by atoms with van der Waals surface area (Å²) in [6.45, 7) is 5.50. The van der Waals surface area contributed by atoms with Gasteiger partial charge in [0.15, 0.2) is 0 Å². The highest BCUT2D eigenvalue weighted by Gasteiger charge is 2.80. The number of hydrogen-bond donors (Lipinski definition) is 5. The minimum absolute atomic E-state index is 0.0295. The first kappa shape index (κ1) is 43.4. The summed E-state index contributed by atoms with van der Waals surface area (Å²) in [5, 5.41) is 40.1. The first-order valence-electron chi connectivity index (χ1n) is 23.1. The third kappa shape index (κ3) is 6.83. The number of ketones is 2. The van der Waals surface area contributed by atoms with Gasteiger partial charge < -0.3 is 49.6 Å². The lowest BCUT2D eigenvalue weighted by Gasteiger charge is -2.61. The zero-order valence-electron chi connectivity index (χ0n) is 35.9. The van der Waals surface area contributed by atoms with Crippen LogP contribution in [0, 0.1) is 46.3 Å². The third-order valence-electron chi connectivity index (χ3n) is 17.3. The van der Waals surface area contributed by atoms with Gasteiger partial charge in [0.2, 0.25) is 0 Å². The Morgan fingerprint density at radius 3 is 1.81 bits per heavy atom. The quantitative estimate of drug-likeness (QED) is 0.0772. The summed E-state index contributed by atoms with van der Waals surface area (Å²) in [5.74, 6) is -3.48. The number of amides is 2. The molecule has 5 unspecified atom stereocenters. The maximum Gasteiger partial charge on any atom is 0.407 e. The number of nitrogens with one attached hydrogen (secondary N) is 2. The van der Waals surface area contributed by atoms with Gasteiger partial charge in [-0.15, -0.1) is 0 Å². The zero-order valence-corrected chi connectivity index (χ0v) is 35.9. The molecule has 0 aromatic heterocycles. The SMILES string of the molecule is C[C@]12CCC3=C(COC3=O)[C@@H]1CC(O)C1C(=O)C(CCOC(=O)NCCCCCCNC(=O)OCCC3CC[C@]4(O)C(C3=O)[C@@H](O)C[C@H]3C5=C(CC[C@@]34C)C(=O)OC5)C[C@@H]3O[C@]132. The fraction of sp³-hybridized carbons (Fsp3) is 0.783. The molecule has 13 atom stereocenters. The minimum Gasteiger partial charge on any atom is -0.458 e. The number of epoxide rings is 1. The predicted molar refractivity (Wildman–Crippen MR) is 216 cm³/mol. The highest BCUT2D eigenvalue weighted by atomic mass is 16.6. The molecule has 2 amide bonds. The number of unbranched alkanes of at least 4 members (excludes halogenated alkanes) is 3. The molecule has 5 fully saturated rings. The van der Waals surface area contributed by atoms with Crippen molar-refractivity contribution in [1.29, 1.82) is 0 Å². The summed E-state index contributed by atoms with van der Waals surface area (Å²) >= 11 is 0. The summed E-state index contributed by atoms with van der Waals surface area (Å²) in [5.41, 5.74) is 0.0573. The van der Waals surface area contributed by atoms with Crippen molar-refractivity contribution in [3.05, 3.63) is 22.3 Å². The van der Waals surface area contributed by atoms with E-state index in [1.54, 1.807) is 0 Å². The number of esters is 2. The monoisotopic (exact) mass is 866 g/mol. The van der Waals surface area contributed by atoms with Crippen molar-refractivity contribution in [3.8, 4) is 0 Å². The Morgan fingerprint density at radius 1 is 0.694 bits per heavy atom. The molecule has 0 bridgehead atoms. The summed E-state index contributed by atoms with van der Waals surface area (Å²) < 4.78 is 27.8. The molecule has 16 heteroatoms. The van der Waals surface area contributed by atoms with Gasteiger partial charge in [0.05, 0.1) is 49.0 Å². The molecule has 1 saturated heterocycles. The highest BCUT2D eigenvalue weighted by molar-refractivity contribution is 5.93. The van der Waals surface area contributed by atoms with Crippen LogP contribution in [0.4, 0.5) is 9.59 Å². The number of alkyl carbamates (subject to hydrolysis) is 2. The van der Waals surface area contributed by atoms with Crippen molar-refractivity contribution < 1.29 is 67.8 Å². The third-order valence-corrected chi connectivity index (χ3v) is 17.3. The number of fused-ring (bicyclic) bond motifs is 6. The Labute approximate surface area is 361 Å². The largest absolute Gasteiger partial charge is 0.458 e. The van der Waals surface area contributed by atoms with Gasteiger partial charge in [0.1, 0.15) is 30.4 Å². The smallest absolute Gasteiger partial charge is 0.407 e. The second-order valence-electron chi connectivity index (χ2n) is 20.1. The topological polar surface area (TPSA) is 237 Å². The second-order valence-corrected chi connectivity index (χ2v) is 20.1. The van der Waals surface area contributed by atoms with Crippen LogP contribution in [0.25, 0.3) is 0 Å². The lowest BCUT2D eigenvalue weighted by Crippen LogP contribution is -2.68. The number of rotatable bonds is 13. The molecular weight excluding hydrogens is 805 g/mol. The van der Waals surface area contributed by atoms with E-state index in [-0.39, 0.29) is 79.2 Å². The van der Waals surface area contributed by atoms with Crippen molar-refractivity contribution in [2.45, 2.75) is 140 Å². The molecule has 3 aliphatic heterocycles. The normalized spacial score (nSPS) is 41.3. The molecule has 5 N–H and O–H groups in total. The number of aliphatic hydroxyl groups is 3. The fourth-order valence-electron chi connectivity index (χ4n) is 13.9. The maximum atomic E-state index is 13.8. The molecule has 4 saturated carbocycles. The lowest BCUT2D eigenvalue weighted by molar-refractivity contribution is -0.221. The summed E-state index contributed by atoms with van der Waals surface area (Å²) in [4.78, 5) is 76.8. The Morgan fingerprint density at radius 2 is 1.21 bits per heavy atom. The van der Waals surface area contributed by atoms with Crippen LogP contribution in [-0.4, -0.2) is 120 Å². The maximum absolute atomic E-state index is 13.8. The van der Waals surface area contributed by atoms with E-state index in [2.05, 4.69) is 17.6 Å². The van der Waals surface area contributed by atoms with Crippen molar-refractivity contribution in [3.63, 3.8) is 0 Å². The van der Waals surface area contributed by atoms with Crippen LogP contribution < -0.4 is 10.6 Å². The van der Waals surface area contributed by atoms with Crippen LogP contribution in [0.5, 0.6) is 0 Å². The highest BCUT2D eigenvalue weighted by Crippen LogP contribution is 2.71. The molecule has 6 aliphatic carbocycles. The van der Waals surface area contributed by atoms with Crippen LogP contribution in [-0.2, 0) is 42.9 Å². The van der Waals surface area contributed by atoms with Crippen LogP contribution in [0.15, 0.2) is 22.3 Å². The van der Waals surface area contributed by atoms with Gasteiger partial charge in [-0.1, -0.05) is 26.7 Å². The average molecular weight is 867 g/mol. The molecule has 9 aliphatic rings. The minimum atomic E-state index is -1.40. The number of hydrogen-bond acceptors (Lipinski definition) is 14. The summed E-state index contributed by atoms with van der Waals surface area (Å²) in [7, 11) is 0. The van der Waals surface area contributed by atoms with Gasteiger partial charge in [0.25, 0.3) is 0 Å². The van der Waals surface area contributed by atoms with Gasteiger partial charge >= 0.3 is 24.1 Å². The van der Waals surface area contributed by atoms with Crippen molar-refractivity contribution in [1.82, 2.24) is 10.6 Å². The van der Waals surface area contributed by atoms with E-state index in [1.165, 1.54) is 0 Å². The van der Waals surface area contributed by atoms with Crippen molar-refractivity contribution in [2.24, 2.45) is 46.3 Å². The first-order valence-corrected chi connectivity index (χ1v) is 23.1. The van der Waals surface area contributed by atoms with E-state index in [0.29, 0.717) is 102 Å². The molecular formula is C46H62N2O14. The van der Waals surface area contributed by atoms with Gasteiger partial charge in [-0.3, -0.25) is 9.59 Å².